The Bertz CT molecular complexity index is 723. The maximum absolute atomic E-state index is 12.6. The van der Waals surface area contributed by atoms with Gasteiger partial charge >= 0.3 is 5.97 Å². The van der Waals surface area contributed by atoms with Gasteiger partial charge in [0.25, 0.3) is 5.91 Å². The highest BCUT2D eigenvalue weighted by atomic mass is 16.5. The number of hydrogen-bond donors (Lipinski definition) is 1. The van der Waals surface area contributed by atoms with Gasteiger partial charge in [-0.3, -0.25) is 4.79 Å². The summed E-state index contributed by atoms with van der Waals surface area (Å²) in [4.78, 5) is 25.2. The molecule has 3 rings (SSSR count). The maximum atomic E-state index is 12.6. The summed E-state index contributed by atoms with van der Waals surface area (Å²) in [6.45, 7) is 2.59. The SMILES string of the molecule is Cc1cnn(-c2ccc(C(=O)N3CCOC[C@@H]3C(=O)O)cc2)c1. The Balaban J connectivity index is 1.80. The molecule has 1 atom stereocenters. The molecule has 0 radical (unpaired) electrons. The van der Waals surface area contributed by atoms with Crippen LogP contribution in [0.1, 0.15) is 15.9 Å². The molecule has 2 aromatic rings. The molecule has 1 saturated heterocycles. The van der Waals surface area contributed by atoms with Gasteiger partial charge in [0.1, 0.15) is 0 Å². The smallest absolute Gasteiger partial charge is 0.328 e. The summed E-state index contributed by atoms with van der Waals surface area (Å²) in [6, 6.07) is 6.00. The van der Waals surface area contributed by atoms with Gasteiger partial charge in [0.05, 0.1) is 25.1 Å². The van der Waals surface area contributed by atoms with Crippen LogP contribution in [0.3, 0.4) is 0 Å². The number of hydrogen-bond acceptors (Lipinski definition) is 4. The molecule has 1 aromatic heterocycles. The molecular formula is C16H17N3O4. The average molecular weight is 315 g/mol. The third-order valence-corrected chi connectivity index (χ3v) is 3.76. The van der Waals surface area contributed by atoms with E-state index in [1.165, 1.54) is 4.90 Å². The van der Waals surface area contributed by atoms with Crippen molar-refractivity contribution in [3.63, 3.8) is 0 Å². The van der Waals surface area contributed by atoms with E-state index in [0.717, 1.165) is 11.3 Å². The Hall–Kier alpha value is -2.67. The quantitative estimate of drug-likeness (QED) is 0.917. The number of amides is 1. The van der Waals surface area contributed by atoms with Crippen LogP contribution < -0.4 is 0 Å². The predicted octanol–water partition coefficient (Wildman–Crippen LogP) is 1.11. The molecule has 23 heavy (non-hydrogen) atoms. The molecule has 1 aliphatic rings. The van der Waals surface area contributed by atoms with Gasteiger partial charge in [0, 0.05) is 18.3 Å². The summed E-state index contributed by atoms with van der Waals surface area (Å²) in [5, 5.41) is 13.4. The van der Waals surface area contributed by atoms with Crippen molar-refractivity contribution in [2.45, 2.75) is 13.0 Å². The first-order valence-corrected chi connectivity index (χ1v) is 7.29. The summed E-state index contributed by atoms with van der Waals surface area (Å²) < 4.78 is 6.87. The zero-order valence-electron chi connectivity index (χ0n) is 12.7. The standard InChI is InChI=1S/C16H17N3O4/c1-11-8-17-19(9-11)13-4-2-12(3-5-13)15(20)18-6-7-23-10-14(18)16(21)22/h2-5,8-9,14H,6-7,10H2,1H3,(H,21,22)/t14-/m1/s1. The van der Waals surface area contributed by atoms with Crippen molar-refractivity contribution < 1.29 is 19.4 Å². The van der Waals surface area contributed by atoms with Crippen molar-refractivity contribution in [3.05, 3.63) is 47.8 Å². The third kappa shape index (κ3) is 3.09. The highest BCUT2D eigenvalue weighted by molar-refractivity contribution is 5.96. The minimum Gasteiger partial charge on any atom is -0.480 e. The number of rotatable bonds is 3. The number of carboxylic acids is 1. The summed E-state index contributed by atoms with van der Waals surface area (Å²) in [5.41, 5.74) is 2.33. The van der Waals surface area contributed by atoms with Crippen LogP contribution in [-0.2, 0) is 9.53 Å². The number of morpholine rings is 1. The van der Waals surface area contributed by atoms with Gasteiger partial charge in [-0.2, -0.15) is 5.10 Å². The molecule has 1 fully saturated rings. The number of aromatic nitrogens is 2. The third-order valence-electron chi connectivity index (χ3n) is 3.76. The normalized spacial score (nSPS) is 18.0. The fourth-order valence-corrected chi connectivity index (χ4v) is 2.53. The molecule has 1 N–H and O–H groups in total. The molecule has 0 bridgehead atoms. The van der Waals surface area contributed by atoms with Gasteiger partial charge in [-0.15, -0.1) is 0 Å². The van der Waals surface area contributed by atoms with Crippen LogP contribution in [0.4, 0.5) is 0 Å². The molecule has 0 aliphatic carbocycles. The number of nitrogens with zero attached hydrogens (tertiary/aromatic N) is 3. The highest BCUT2D eigenvalue weighted by Crippen LogP contribution is 2.15. The number of carboxylic acid groups (broad SMARTS) is 1. The average Bonchev–Trinajstić information content (AvgIpc) is 3.01. The number of carbonyl (C=O) groups excluding carboxylic acids is 1. The molecule has 0 spiro atoms. The topological polar surface area (TPSA) is 84.7 Å². The Morgan fingerprint density at radius 3 is 2.65 bits per heavy atom. The second-order valence-electron chi connectivity index (χ2n) is 5.44. The van der Waals surface area contributed by atoms with Crippen LogP contribution in [0.15, 0.2) is 36.7 Å². The van der Waals surface area contributed by atoms with Crippen LogP contribution >= 0.6 is 0 Å². The lowest BCUT2D eigenvalue weighted by molar-refractivity contribution is -0.147. The van der Waals surface area contributed by atoms with Crippen LogP contribution in [0.2, 0.25) is 0 Å². The van der Waals surface area contributed by atoms with Crippen LogP contribution in [0.5, 0.6) is 0 Å². The highest BCUT2D eigenvalue weighted by Gasteiger charge is 2.33. The zero-order valence-corrected chi connectivity index (χ0v) is 12.7. The van der Waals surface area contributed by atoms with Crippen molar-refractivity contribution in [2.75, 3.05) is 19.8 Å². The Morgan fingerprint density at radius 2 is 2.04 bits per heavy atom. The van der Waals surface area contributed by atoms with Crippen molar-refractivity contribution in [3.8, 4) is 5.69 Å². The van der Waals surface area contributed by atoms with E-state index in [1.54, 1.807) is 35.1 Å². The van der Waals surface area contributed by atoms with E-state index >= 15 is 0 Å². The minimum atomic E-state index is -1.05. The van der Waals surface area contributed by atoms with E-state index in [4.69, 9.17) is 4.74 Å². The van der Waals surface area contributed by atoms with Gasteiger partial charge in [0.2, 0.25) is 0 Å². The van der Waals surface area contributed by atoms with E-state index in [0.29, 0.717) is 12.2 Å². The van der Waals surface area contributed by atoms with E-state index in [9.17, 15) is 14.7 Å². The molecule has 1 aromatic carbocycles. The largest absolute Gasteiger partial charge is 0.480 e. The van der Waals surface area contributed by atoms with E-state index in [-0.39, 0.29) is 19.1 Å². The van der Waals surface area contributed by atoms with Crippen molar-refractivity contribution in [2.24, 2.45) is 0 Å². The van der Waals surface area contributed by atoms with E-state index in [1.807, 2.05) is 13.1 Å². The first-order chi connectivity index (χ1) is 11.1. The van der Waals surface area contributed by atoms with Gasteiger partial charge < -0.3 is 14.7 Å². The summed E-state index contributed by atoms with van der Waals surface area (Å²) in [5.74, 6) is -1.36. The van der Waals surface area contributed by atoms with Gasteiger partial charge in [-0.1, -0.05) is 0 Å². The molecule has 1 aliphatic heterocycles. The van der Waals surface area contributed by atoms with Crippen LogP contribution in [0, 0.1) is 6.92 Å². The zero-order chi connectivity index (χ0) is 16.4. The second kappa shape index (κ2) is 6.21. The van der Waals surface area contributed by atoms with Gasteiger partial charge in [-0.05, 0) is 36.8 Å². The van der Waals surface area contributed by atoms with Gasteiger partial charge in [-0.25, -0.2) is 9.48 Å². The lowest BCUT2D eigenvalue weighted by Crippen LogP contribution is -2.52. The number of carbonyl (C=O) groups is 2. The first-order valence-electron chi connectivity index (χ1n) is 7.29. The molecule has 120 valence electrons. The number of aliphatic carboxylic acids is 1. The fourth-order valence-electron chi connectivity index (χ4n) is 2.53. The summed E-state index contributed by atoms with van der Waals surface area (Å²) in [7, 11) is 0. The Morgan fingerprint density at radius 1 is 1.30 bits per heavy atom. The molecular weight excluding hydrogens is 298 g/mol. The molecule has 2 heterocycles. The summed E-state index contributed by atoms with van der Waals surface area (Å²) in [6.07, 6.45) is 3.64. The Kier molecular flexibility index (Phi) is 4.12. The molecule has 7 nitrogen and oxygen atoms in total. The number of aryl methyl sites for hydroxylation is 1. The number of benzene rings is 1. The lowest BCUT2D eigenvalue weighted by atomic mass is 10.1. The molecule has 0 saturated carbocycles. The second-order valence-corrected chi connectivity index (χ2v) is 5.44. The van der Waals surface area contributed by atoms with Crippen molar-refractivity contribution >= 4 is 11.9 Å². The molecule has 0 unspecified atom stereocenters. The van der Waals surface area contributed by atoms with Crippen LogP contribution in [0.25, 0.3) is 5.69 Å². The first kappa shape index (κ1) is 15.2. The van der Waals surface area contributed by atoms with Crippen molar-refractivity contribution in [1.29, 1.82) is 0 Å². The fraction of sp³-hybridized carbons (Fsp3) is 0.312. The van der Waals surface area contributed by atoms with Crippen molar-refractivity contribution in [1.82, 2.24) is 14.7 Å². The van der Waals surface area contributed by atoms with Crippen LogP contribution in [-0.4, -0.2) is 57.5 Å². The molecule has 1 amide bonds. The maximum Gasteiger partial charge on any atom is 0.328 e. The molecule has 7 heteroatoms. The lowest BCUT2D eigenvalue weighted by Gasteiger charge is -2.32. The van der Waals surface area contributed by atoms with Gasteiger partial charge in [0.15, 0.2) is 6.04 Å². The minimum absolute atomic E-state index is 0.0196. The predicted molar refractivity (Wildman–Crippen MR) is 81.6 cm³/mol. The Labute approximate surface area is 133 Å². The van der Waals surface area contributed by atoms with E-state index < -0.39 is 12.0 Å². The van der Waals surface area contributed by atoms with E-state index in [2.05, 4.69) is 5.10 Å². The summed E-state index contributed by atoms with van der Waals surface area (Å²) >= 11 is 0. The number of ether oxygens (including phenoxy) is 1. The monoisotopic (exact) mass is 315 g/mol.